The summed E-state index contributed by atoms with van der Waals surface area (Å²) in [5.74, 6) is 0.0971. The van der Waals surface area contributed by atoms with Gasteiger partial charge >= 0.3 is 0 Å². The minimum atomic E-state index is -0.203. The van der Waals surface area contributed by atoms with E-state index in [0.717, 1.165) is 25.9 Å². The SMILES string of the molecule is CC(Cl)CCN(C)C(=O)C1CCCO1. The summed E-state index contributed by atoms with van der Waals surface area (Å²) in [7, 11) is 1.81. The molecule has 1 aliphatic heterocycles. The number of rotatable bonds is 4. The molecular weight excluding hydrogens is 202 g/mol. The van der Waals surface area contributed by atoms with Gasteiger partial charge in [-0.15, -0.1) is 11.6 Å². The molecule has 1 amide bonds. The second-order valence-electron chi connectivity index (χ2n) is 3.83. The summed E-state index contributed by atoms with van der Waals surface area (Å²) in [5, 5.41) is 0.120. The molecule has 0 radical (unpaired) electrons. The number of hydrogen-bond donors (Lipinski definition) is 0. The van der Waals surface area contributed by atoms with Crippen molar-refractivity contribution in [3.63, 3.8) is 0 Å². The number of likely N-dealkylation sites (N-methyl/N-ethyl adjacent to an activating group) is 1. The Kier molecular flexibility index (Phi) is 4.69. The molecular formula is C10H18ClNO2. The van der Waals surface area contributed by atoms with Crippen molar-refractivity contribution >= 4 is 17.5 Å². The zero-order valence-electron chi connectivity index (χ0n) is 8.83. The largest absolute Gasteiger partial charge is 0.368 e. The van der Waals surface area contributed by atoms with Crippen molar-refractivity contribution in [1.82, 2.24) is 4.90 Å². The molecule has 82 valence electrons. The van der Waals surface area contributed by atoms with Gasteiger partial charge in [-0.05, 0) is 26.2 Å². The highest BCUT2D eigenvalue weighted by Gasteiger charge is 2.26. The second kappa shape index (κ2) is 5.56. The maximum Gasteiger partial charge on any atom is 0.251 e. The molecule has 1 heterocycles. The Labute approximate surface area is 90.4 Å². The Morgan fingerprint density at radius 3 is 2.93 bits per heavy atom. The van der Waals surface area contributed by atoms with Crippen molar-refractivity contribution in [3.05, 3.63) is 0 Å². The molecule has 0 saturated carbocycles. The summed E-state index contributed by atoms with van der Waals surface area (Å²) in [4.78, 5) is 13.4. The third kappa shape index (κ3) is 3.46. The van der Waals surface area contributed by atoms with Gasteiger partial charge in [0.2, 0.25) is 0 Å². The van der Waals surface area contributed by atoms with E-state index in [1.54, 1.807) is 4.90 Å². The van der Waals surface area contributed by atoms with Crippen LogP contribution in [0.5, 0.6) is 0 Å². The van der Waals surface area contributed by atoms with E-state index in [1.807, 2.05) is 14.0 Å². The van der Waals surface area contributed by atoms with Crippen molar-refractivity contribution in [2.75, 3.05) is 20.2 Å². The van der Waals surface area contributed by atoms with Gasteiger partial charge in [0, 0.05) is 25.6 Å². The lowest BCUT2D eigenvalue weighted by Crippen LogP contribution is -2.37. The second-order valence-corrected chi connectivity index (χ2v) is 4.58. The lowest BCUT2D eigenvalue weighted by atomic mass is 10.2. The molecule has 0 N–H and O–H groups in total. The first-order valence-electron chi connectivity index (χ1n) is 5.12. The lowest BCUT2D eigenvalue weighted by molar-refractivity contribution is -0.139. The molecule has 3 nitrogen and oxygen atoms in total. The minimum absolute atomic E-state index is 0.0971. The van der Waals surface area contributed by atoms with Crippen molar-refractivity contribution in [1.29, 1.82) is 0 Å². The van der Waals surface area contributed by atoms with Crippen molar-refractivity contribution in [2.45, 2.75) is 37.7 Å². The minimum Gasteiger partial charge on any atom is -0.368 e. The van der Waals surface area contributed by atoms with Crippen LogP contribution in [0.2, 0.25) is 0 Å². The number of ether oxygens (including phenoxy) is 1. The molecule has 0 aromatic rings. The van der Waals surface area contributed by atoms with Gasteiger partial charge in [-0.1, -0.05) is 0 Å². The first kappa shape index (κ1) is 11.8. The molecule has 14 heavy (non-hydrogen) atoms. The van der Waals surface area contributed by atoms with Crippen LogP contribution in [0.3, 0.4) is 0 Å². The predicted octanol–water partition coefficient (Wildman–Crippen LogP) is 1.64. The van der Waals surface area contributed by atoms with Crippen LogP contribution in [0.25, 0.3) is 0 Å². The Morgan fingerprint density at radius 1 is 1.71 bits per heavy atom. The van der Waals surface area contributed by atoms with Gasteiger partial charge in [0.25, 0.3) is 5.91 Å². The van der Waals surface area contributed by atoms with Gasteiger partial charge in [-0.3, -0.25) is 4.79 Å². The van der Waals surface area contributed by atoms with E-state index < -0.39 is 0 Å². The maximum atomic E-state index is 11.7. The Bertz CT molecular complexity index is 191. The normalized spacial score (nSPS) is 23.5. The fourth-order valence-corrected chi connectivity index (χ4v) is 1.60. The number of hydrogen-bond acceptors (Lipinski definition) is 2. The van der Waals surface area contributed by atoms with Crippen LogP contribution < -0.4 is 0 Å². The summed E-state index contributed by atoms with van der Waals surface area (Å²) >= 11 is 5.82. The van der Waals surface area contributed by atoms with Gasteiger partial charge in [-0.2, -0.15) is 0 Å². The third-order valence-electron chi connectivity index (χ3n) is 2.44. The monoisotopic (exact) mass is 219 g/mol. The van der Waals surface area contributed by atoms with E-state index in [2.05, 4.69) is 0 Å². The molecule has 0 bridgehead atoms. The number of amides is 1. The number of halogens is 1. The zero-order chi connectivity index (χ0) is 10.6. The quantitative estimate of drug-likeness (QED) is 0.673. The van der Waals surface area contributed by atoms with Crippen LogP contribution in [-0.4, -0.2) is 42.5 Å². The van der Waals surface area contributed by atoms with Crippen LogP contribution in [0.15, 0.2) is 0 Å². The Balaban J connectivity index is 2.28. The van der Waals surface area contributed by atoms with Gasteiger partial charge in [-0.25, -0.2) is 0 Å². The fraction of sp³-hybridized carbons (Fsp3) is 0.900. The standard InChI is InChI=1S/C10H18ClNO2/c1-8(11)5-6-12(2)10(13)9-4-3-7-14-9/h8-9H,3-7H2,1-2H3. The molecule has 1 fully saturated rings. The Morgan fingerprint density at radius 2 is 2.43 bits per heavy atom. The third-order valence-corrected chi connectivity index (χ3v) is 2.66. The predicted molar refractivity (Wildman–Crippen MR) is 56.5 cm³/mol. The van der Waals surface area contributed by atoms with Gasteiger partial charge in [0.05, 0.1) is 0 Å². The molecule has 0 spiro atoms. The highest BCUT2D eigenvalue weighted by atomic mass is 35.5. The van der Waals surface area contributed by atoms with Gasteiger partial charge in [0.1, 0.15) is 6.10 Å². The topological polar surface area (TPSA) is 29.5 Å². The van der Waals surface area contributed by atoms with E-state index >= 15 is 0 Å². The molecule has 0 aromatic carbocycles. The smallest absolute Gasteiger partial charge is 0.251 e. The molecule has 4 heteroatoms. The highest BCUT2D eigenvalue weighted by molar-refractivity contribution is 6.20. The van der Waals surface area contributed by atoms with Gasteiger partial charge in [0.15, 0.2) is 0 Å². The van der Waals surface area contributed by atoms with Gasteiger partial charge < -0.3 is 9.64 Å². The van der Waals surface area contributed by atoms with Crippen molar-refractivity contribution < 1.29 is 9.53 Å². The Hall–Kier alpha value is -0.280. The van der Waals surface area contributed by atoms with E-state index in [1.165, 1.54) is 0 Å². The summed E-state index contributed by atoms with van der Waals surface area (Å²) in [6, 6.07) is 0. The van der Waals surface area contributed by atoms with E-state index in [4.69, 9.17) is 16.3 Å². The van der Waals surface area contributed by atoms with E-state index in [9.17, 15) is 4.79 Å². The molecule has 1 aliphatic rings. The molecule has 2 atom stereocenters. The molecule has 0 aliphatic carbocycles. The number of carbonyl (C=O) groups excluding carboxylic acids is 1. The first-order valence-corrected chi connectivity index (χ1v) is 5.55. The molecule has 2 unspecified atom stereocenters. The summed E-state index contributed by atoms with van der Waals surface area (Å²) in [6.07, 6.45) is 2.48. The van der Waals surface area contributed by atoms with Crippen LogP contribution in [0.4, 0.5) is 0 Å². The fourth-order valence-electron chi connectivity index (χ4n) is 1.50. The van der Waals surface area contributed by atoms with Crippen LogP contribution in [0.1, 0.15) is 26.2 Å². The summed E-state index contributed by atoms with van der Waals surface area (Å²) in [6.45, 7) is 3.37. The average Bonchev–Trinajstić information content (AvgIpc) is 2.65. The molecule has 1 saturated heterocycles. The summed E-state index contributed by atoms with van der Waals surface area (Å²) < 4.78 is 5.32. The number of carbonyl (C=O) groups is 1. The van der Waals surface area contributed by atoms with Crippen molar-refractivity contribution in [2.24, 2.45) is 0 Å². The van der Waals surface area contributed by atoms with E-state index in [-0.39, 0.29) is 17.4 Å². The first-order chi connectivity index (χ1) is 6.61. The average molecular weight is 220 g/mol. The highest BCUT2D eigenvalue weighted by Crippen LogP contribution is 2.14. The zero-order valence-corrected chi connectivity index (χ0v) is 9.59. The lowest BCUT2D eigenvalue weighted by Gasteiger charge is -2.20. The number of alkyl halides is 1. The maximum absolute atomic E-state index is 11.7. The van der Waals surface area contributed by atoms with Crippen molar-refractivity contribution in [3.8, 4) is 0 Å². The number of nitrogens with zero attached hydrogens (tertiary/aromatic N) is 1. The molecule has 0 aromatic heterocycles. The van der Waals surface area contributed by atoms with Crippen LogP contribution >= 0.6 is 11.6 Å². The van der Waals surface area contributed by atoms with E-state index in [0.29, 0.717) is 6.54 Å². The summed E-state index contributed by atoms with van der Waals surface area (Å²) in [5.41, 5.74) is 0. The van der Waals surface area contributed by atoms with Crippen LogP contribution in [-0.2, 0) is 9.53 Å². The van der Waals surface area contributed by atoms with Crippen LogP contribution in [0, 0.1) is 0 Å². The molecule has 1 rings (SSSR count).